The normalized spacial score (nSPS) is 14.0. The van der Waals surface area contributed by atoms with E-state index in [2.05, 4.69) is 56.5 Å². The Kier molecular flexibility index (Phi) is 8.95. The predicted molar refractivity (Wildman–Crippen MR) is 143 cm³/mol. The van der Waals surface area contributed by atoms with E-state index in [0.29, 0.717) is 23.1 Å². The number of thioether (sulfide) groups is 1. The minimum absolute atomic E-state index is 0.158. The van der Waals surface area contributed by atoms with Crippen LogP contribution in [0.25, 0.3) is 11.4 Å². The maximum atomic E-state index is 12.5. The van der Waals surface area contributed by atoms with Gasteiger partial charge in [0.25, 0.3) is 5.91 Å². The number of hydrogen-bond donors (Lipinski definition) is 1. The van der Waals surface area contributed by atoms with E-state index in [-0.39, 0.29) is 11.7 Å². The molecule has 0 bridgehead atoms. The van der Waals surface area contributed by atoms with Gasteiger partial charge in [0.2, 0.25) is 0 Å². The molecule has 1 aromatic heterocycles. The van der Waals surface area contributed by atoms with Crippen molar-refractivity contribution < 1.29 is 19.1 Å². The number of hydrazone groups is 1. The van der Waals surface area contributed by atoms with Gasteiger partial charge in [0, 0.05) is 18.5 Å². The fourth-order valence-corrected chi connectivity index (χ4v) is 5.09. The van der Waals surface area contributed by atoms with Crippen LogP contribution >= 0.6 is 11.8 Å². The highest BCUT2D eigenvalue weighted by molar-refractivity contribution is 7.99. The summed E-state index contributed by atoms with van der Waals surface area (Å²) in [5, 5.41) is 13.7. The largest absolute Gasteiger partial charge is 0.493 e. The van der Waals surface area contributed by atoms with E-state index >= 15 is 0 Å². The number of amides is 1. The van der Waals surface area contributed by atoms with Gasteiger partial charge in [-0.05, 0) is 43.5 Å². The van der Waals surface area contributed by atoms with Gasteiger partial charge in [-0.3, -0.25) is 14.2 Å². The molecule has 0 saturated heterocycles. The topological polar surface area (TPSA) is 108 Å². The van der Waals surface area contributed by atoms with Crippen LogP contribution in [0.5, 0.6) is 11.5 Å². The number of aryl methyl sites for hydroxylation is 1. The third kappa shape index (κ3) is 6.97. The highest BCUT2D eigenvalue weighted by Crippen LogP contribution is 2.35. The van der Waals surface area contributed by atoms with E-state index in [0.717, 1.165) is 29.4 Å². The summed E-state index contributed by atoms with van der Waals surface area (Å²) in [7, 11) is 1.48. The number of carbonyl (C=O) groups excluding carboxylic acids is 2. The molecular weight excluding hydrogens is 490 g/mol. The molecule has 1 fully saturated rings. The van der Waals surface area contributed by atoms with Crippen molar-refractivity contribution in [3.05, 3.63) is 53.6 Å². The number of benzene rings is 2. The first-order valence-electron chi connectivity index (χ1n) is 12.3. The lowest BCUT2D eigenvalue weighted by atomic mass is 9.95. The molecule has 0 atom stereocenters. The van der Waals surface area contributed by atoms with Gasteiger partial charge in [-0.1, -0.05) is 60.9 Å². The van der Waals surface area contributed by atoms with Gasteiger partial charge < -0.3 is 9.47 Å². The van der Waals surface area contributed by atoms with Gasteiger partial charge in [-0.2, -0.15) is 5.10 Å². The number of ether oxygens (including phenoxy) is 2. The average molecular weight is 522 g/mol. The Balaban J connectivity index is 1.41. The molecule has 37 heavy (non-hydrogen) atoms. The molecule has 0 unspecified atom stereocenters. The van der Waals surface area contributed by atoms with Crippen LogP contribution in [-0.4, -0.2) is 45.7 Å². The van der Waals surface area contributed by atoms with Crippen LogP contribution in [0, 0.1) is 6.92 Å². The Morgan fingerprint density at radius 3 is 2.57 bits per heavy atom. The number of aromatic nitrogens is 3. The lowest BCUT2D eigenvalue weighted by Crippen LogP contribution is -2.20. The quantitative estimate of drug-likeness (QED) is 0.140. The summed E-state index contributed by atoms with van der Waals surface area (Å²) in [5.41, 5.74) is 5.46. The Morgan fingerprint density at radius 1 is 1.11 bits per heavy atom. The zero-order chi connectivity index (χ0) is 26.2. The standard InChI is InChI=1S/C27H31N5O4S/c1-18-9-12-21(13-10-18)26-30-31-27(32(26)22-7-5-4-6-8-22)37-17-25(34)29-28-16-20-11-14-23(36-19(2)33)24(15-20)35-3/h9-16,22H,4-8,17H2,1-3H3,(H,29,34). The molecule has 0 radical (unpaired) electrons. The molecule has 1 saturated carbocycles. The zero-order valence-corrected chi connectivity index (χ0v) is 22.1. The molecule has 194 valence electrons. The van der Waals surface area contributed by atoms with E-state index in [9.17, 15) is 9.59 Å². The van der Waals surface area contributed by atoms with Crippen LogP contribution in [0.2, 0.25) is 0 Å². The number of esters is 1. The molecule has 3 aromatic rings. The van der Waals surface area contributed by atoms with E-state index in [1.54, 1.807) is 18.2 Å². The third-order valence-electron chi connectivity index (χ3n) is 6.09. The number of nitrogens with zero attached hydrogens (tertiary/aromatic N) is 4. The molecule has 10 heteroatoms. The minimum Gasteiger partial charge on any atom is -0.493 e. The van der Waals surface area contributed by atoms with Crippen LogP contribution in [0.15, 0.2) is 52.7 Å². The maximum absolute atomic E-state index is 12.5. The molecule has 1 amide bonds. The van der Waals surface area contributed by atoms with Crippen molar-refractivity contribution >= 4 is 29.9 Å². The van der Waals surface area contributed by atoms with Crippen molar-refractivity contribution in [3.63, 3.8) is 0 Å². The molecule has 2 aromatic carbocycles. The number of rotatable bonds is 9. The van der Waals surface area contributed by atoms with Gasteiger partial charge >= 0.3 is 5.97 Å². The smallest absolute Gasteiger partial charge is 0.308 e. The van der Waals surface area contributed by atoms with Crippen molar-refractivity contribution in [2.24, 2.45) is 5.10 Å². The van der Waals surface area contributed by atoms with Crippen LogP contribution in [-0.2, 0) is 9.59 Å². The molecular formula is C27H31N5O4S. The second kappa shape index (κ2) is 12.5. The fourth-order valence-electron chi connectivity index (χ4n) is 4.29. The van der Waals surface area contributed by atoms with E-state index in [1.165, 1.54) is 56.8 Å². The summed E-state index contributed by atoms with van der Waals surface area (Å²) in [6.45, 7) is 3.38. The summed E-state index contributed by atoms with van der Waals surface area (Å²) in [5.74, 6) is 1.03. The third-order valence-corrected chi connectivity index (χ3v) is 7.03. The van der Waals surface area contributed by atoms with E-state index < -0.39 is 5.97 Å². The Labute approximate surface area is 220 Å². The minimum atomic E-state index is -0.435. The molecule has 1 heterocycles. The molecule has 1 aliphatic rings. The average Bonchev–Trinajstić information content (AvgIpc) is 3.33. The van der Waals surface area contributed by atoms with Crippen LogP contribution in [0.3, 0.4) is 0 Å². The Hall–Kier alpha value is -3.66. The van der Waals surface area contributed by atoms with E-state index in [4.69, 9.17) is 9.47 Å². The highest BCUT2D eigenvalue weighted by atomic mass is 32.2. The highest BCUT2D eigenvalue weighted by Gasteiger charge is 2.24. The van der Waals surface area contributed by atoms with Crippen molar-refractivity contribution in [3.8, 4) is 22.9 Å². The fraction of sp³-hybridized carbons (Fsp3) is 0.370. The van der Waals surface area contributed by atoms with Gasteiger partial charge in [0.15, 0.2) is 22.5 Å². The number of nitrogens with one attached hydrogen (secondary N) is 1. The molecule has 1 N–H and O–H groups in total. The summed E-state index contributed by atoms with van der Waals surface area (Å²) in [6.07, 6.45) is 7.29. The zero-order valence-electron chi connectivity index (χ0n) is 21.3. The lowest BCUT2D eigenvalue weighted by Gasteiger charge is -2.25. The van der Waals surface area contributed by atoms with Gasteiger partial charge in [0.1, 0.15) is 0 Å². The van der Waals surface area contributed by atoms with Crippen molar-refractivity contribution in [2.75, 3.05) is 12.9 Å². The lowest BCUT2D eigenvalue weighted by molar-refractivity contribution is -0.132. The van der Waals surface area contributed by atoms with Crippen LogP contribution < -0.4 is 14.9 Å². The van der Waals surface area contributed by atoms with Gasteiger partial charge in [0.05, 0.1) is 19.1 Å². The van der Waals surface area contributed by atoms with Crippen LogP contribution in [0.1, 0.15) is 56.2 Å². The van der Waals surface area contributed by atoms with Gasteiger partial charge in [-0.25, -0.2) is 5.43 Å². The summed E-state index contributed by atoms with van der Waals surface area (Å²) >= 11 is 1.36. The Bertz CT molecular complexity index is 1270. The summed E-state index contributed by atoms with van der Waals surface area (Å²) in [4.78, 5) is 23.7. The molecule has 1 aliphatic carbocycles. The maximum Gasteiger partial charge on any atom is 0.308 e. The molecule has 4 rings (SSSR count). The van der Waals surface area contributed by atoms with Gasteiger partial charge in [-0.15, -0.1) is 10.2 Å². The molecule has 9 nitrogen and oxygen atoms in total. The number of carbonyl (C=O) groups is 2. The summed E-state index contributed by atoms with van der Waals surface area (Å²) < 4.78 is 12.6. The second-order valence-electron chi connectivity index (χ2n) is 8.92. The number of methoxy groups -OCH3 is 1. The molecule has 0 spiro atoms. The monoisotopic (exact) mass is 521 g/mol. The summed E-state index contributed by atoms with van der Waals surface area (Å²) in [6, 6.07) is 13.6. The Morgan fingerprint density at radius 2 is 1.86 bits per heavy atom. The van der Waals surface area contributed by atoms with Crippen molar-refractivity contribution in [2.45, 2.75) is 57.1 Å². The predicted octanol–water partition coefficient (Wildman–Crippen LogP) is 4.94. The van der Waals surface area contributed by atoms with Crippen molar-refractivity contribution in [1.29, 1.82) is 0 Å². The molecule has 0 aliphatic heterocycles. The second-order valence-corrected chi connectivity index (χ2v) is 9.86. The number of hydrogen-bond acceptors (Lipinski definition) is 8. The van der Waals surface area contributed by atoms with Crippen LogP contribution in [0.4, 0.5) is 0 Å². The van der Waals surface area contributed by atoms with E-state index in [1.807, 2.05) is 0 Å². The van der Waals surface area contributed by atoms with Crippen molar-refractivity contribution in [1.82, 2.24) is 20.2 Å². The first kappa shape index (κ1) is 26.4. The first-order valence-corrected chi connectivity index (χ1v) is 13.3. The first-order chi connectivity index (χ1) is 17.9. The SMILES string of the molecule is COc1cc(C=NNC(=O)CSc2nnc(-c3ccc(C)cc3)n2C2CCCCC2)ccc1OC(C)=O.